The van der Waals surface area contributed by atoms with Gasteiger partial charge < -0.3 is 4.90 Å². The smallest absolute Gasteiger partial charge is 0.294 e. The molecule has 0 bridgehead atoms. The molecule has 1 N–H and O–H groups in total. The van der Waals surface area contributed by atoms with Crippen LogP contribution in [-0.2, 0) is 10.1 Å². The number of benzene rings is 1. The minimum Gasteiger partial charge on any atom is -0.374 e. The predicted molar refractivity (Wildman–Crippen MR) is 90.4 cm³/mol. The third-order valence-corrected chi connectivity index (χ3v) is 4.18. The van der Waals surface area contributed by atoms with Crippen LogP contribution < -0.4 is 0 Å². The number of allylic oxidation sites excluding steroid dienone is 2. The summed E-state index contributed by atoms with van der Waals surface area (Å²) < 4.78 is 29.6. The fourth-order valence-electron chi connectivity index (χ4n) is 1.85. The maximum Gasteiger partial charge on any atom is 0.294 e. The third-order valence-electron chi connectivity index (χ3n) is 3.31. The standard InChI is InChI=1S/C10H17N.C7H8O3S/c1-3-4-7-11-8-5-10(2)6-9-11;1-6-2-4-7(5-3-6)11(8,9)10/h5-6,8H,3-4,7,9H2,1-2H3;2-5H,1H3,(H,8,9,10). The first-order chi connectivity index (χ1) is 10.3. The van der Waals surface area contributed by atoms with Crippen molar-refractivity contribution in [2.24, 2.45) is 0 Å². The van der Waals surface area contributed by atoms with E-state index in [1.54, 1.807) is 12.1 Å². The first-order valence-electron chi connectivity index (χ1n) is 7.46. The largest absolute Gasteiger partial charge is 0.374 e. The average Bonchev–Trinajstić information content (AvgIpc) is 2.47. The molecule has 1 aliphatic heterocycles. The number of rotatable bonds is 4. The van der Waals surface area contributed by atoms with E-state index >= 15 is 0 Å². The minimum absolute atomic E-state index is 0.0666. The monoisotopic (exact) mass is 323 g/mol. The van der Waals surface area contributed by atoms with Crippen molar-refractivity contribution in [3.8, 4) is 0 Å². The lowest BCUT2D eigenvalue weighted by atomic mass is 10.2. The summed E-state index contributed by atoms with van der Waals surface area (Å²) >= 11 is 0. The third kappa shape index (κ3) is 6.91. The maximum atomic E-state index is 10.5. The molecular formula is C17H25NO3S. The summed E-state index contributed by atoms with van der Waals surface area (Å²) in [6.07, 6.45) is 9.24. The van der Waals surface area contributed by atoms with E-state index in [4.69, 9.17) is 4.55 Å². The first-order valence-corrected chi connectivity index (χ1v) is 8.90. The number of hydrogen-bond donors (Lipinski definition) is 1. The molecule has 0 radical (unpaired) electrons. The van der Waals surface area contributed by atoms with Crippen molar-refractivity contribution in [2.75, 3.05) is 13.1 Å². The second-order valence-electron chi connectivity index (χ2n) is 5.40. The van der Waals surface area contributed by atoms with Crippen LogP contribution in [0.25, 0.3) is 0 Å². The topological polar surface area (TPSA) is 57.6 Å². The molecule has 1 aromatic rings. The Hall–Kier alpha value is -1.59. The second kappa shape index (κ2) is 8.76. The van der Waals surface area contributed by atoms with E-state index in [1.807, 2.05) is 6.92 Å². The molecule has 2 rings (SSSR count). The van der Waals surface area contributed by atoms with Crippen LogP contribution in [0.15, 0.2) is 53.1 Å². The van der Waals surface area contributed by atoms with Crippen LogP contribution in [0.1, 0.15) is 32.3 Å². The van der Waals surface area contributed by atoms with Gasteiger partial charge in [-0.05, 0) is 44.7 Å². The highest BCUT2D eigenvalue weighted by molar-refractivity contribution is 7.85. The van der Waals surface area contributed by atoms with Crippen LogP contribution in [0.2, 0.25) is 0 Å². The Balaban J connectivity index is 0.000000220. The molecule has 0 saturated carbocycles. The zero-order chi connectivity index (χ0) is 16.6. The molecule has 0 aliphatic carbocycles. The van der Waals surface area contributed by atoms with Gasteiger partial charge >= 0.3 is 0 Å². The second-order valence-corrected chi connectivity index (χ2v) is 6.82. The maximum absolute atomic E-state index is 10.5. The molecule has 0 fully saturated rings. The highest BCUT2D eigenvalue weighted by atomic mass is 32.2. The molecule has 0 saturated heterocycles. The Labute approximate surface area is 133 Å². The van der Waals surface area contributed by atoms with Gasteiger partial charge in [0.05, 0.1) is 4.90 Å². The number of unbranched alkanes of at least 4 members (excludes halogenated alkanes) is 1. The van der Waals surface area contributed by atoms with Crippen LogP contribution >= 0.6 is 0 Å². The fourth-order valence-corrected chi connectivity index (χ4v) is 2.33. The highest BCUT2D eigenvalue weighted by Gasteiger charge is 2.06. The van der Waals surface area contributed by atoms with E-state index in [0.717, 1.165) is 12.1 Å². The van der Waals surface area contributed by atoms with Crippen LogP contribution in [0.4, 0.5) is 0 Å². The van der Waals surface area contributed by atoms with Gasteiger partial charge in [0.25, 0.3) is 10.1 Å². The fraction of sp³-hybridized carbons (Fsp3) is 0.412. The zero-order valence-corrected chi connectivity index (χ0v) is 14.3. The Kier molecular flexibility index (Phi) is 7.35. The molecule has 0 aromatic heterocycles. The molecule has 5 heteroatoms. The van der Waals surface area contributed by atoms with Gasteiger partial charge in [-0.3, -0.25) is 4.55 Å². The summed E-state index contributed by atoms with van der Waals surface area (Å²) in [7, 11) is -4.02. The summed E-state index contributed by atoms with van der Waals surface area (Å²) in [5, 5.41) is 0. The van der Waals surface area contributed by atoms with Gasteiger partial charge in [-0.25, -0.2) is 0 Å². The molecule has 22 heavy (non-hydrogen) atoms. The molecule has 1 aliphatic rings. The van der Waals surface area contributed by atoms with Gasteiger partial charge in [-0.15, -0.1) is 0 Å². The summed E-state index contributed by atoms with van der Waals surface area (Å²) in [6.45, 7) is 8.52. The van der Waals surface area contributed by atoms with Crippen LogP contribution in [0.3, 0.4) is 0 Å². The predicted octanol–water partition coefficient (Wildman–Crippen LogP) is 3.80. The Bertz CT molecular complexity index is 616. The first kappa shape index (κ1) is 18.5. The van der Waals surface area contributed by atoms with Crippen LogP contribution in [-0.4, -0.2) is 31.0 Å². The lowest BCUT2D eigenvalue weighted by Crippen LogP contribution is -2.20. The van der Waals surface area contributed by atoms with E-state index < -0.39 is 10.1 Å². The molecule has 0 amide bonds. The number of aryl methyl sites for hydroxylation is 1. The number of hydrogen-bond acceptors (Lipinski definition) is 3. The lowest BCUT2D eigenvalue weighted by molar-refractivity contribution is 0.399. The van der Waals surface area contributed by atoms with Gasteiger partial charge in [0.2, 0.25) is 0 Å². The van der Waals surface area contributed by atoms with Crippen LogP contribution in [0, 0.1) is 6.92 Å². The quantitative estimate of drug-likeness (QED) is 0.856. The minimum atomic E-state index is -4.02. The van der Waals surface area contributed by atoms with Crippen molar-refractivity contribution in [1.82, 2.24) is 4.90 Å². The van der Waals surface area contributed by atoms with E-state index in [9.17, 15) is 8.42 Å². The molecule has 1 aromatic carbocycles. The molecule has 4 nitrogen and oxygen atoms in total. The molecular weight excluding hydrogens is 298 g/mol. The van der Waals surface area contributed by atoms with Crippen molar-refractivity contribution >= 4 is 10.1 Å². The average molecular weight is 323 g/mol. The van der Waals surface area contributed by atoms with E-state index in [1.165, 1.54) is 37.1 Å². The van der Waals surface area contributed by atoms with Crippen molar-refractivity contribution in [3.63, 3.8) is 0 Å². The van der Waals surface area contributed by atoms with E-state index in [2.05, 4.69) is 37.1 Å². The normalized spacial score (nSPS) is 14.2. The SMILES string of the molecule is CCCCN1C=CC(C)=CC1.Cc1ccc(S(=O)(=O)O)cc1. The number of nitrogens with zero attached hydrogens (tertiary/aromatic N) is 1. The molecule has 0 spiro atoms. The van der Waals surface area contributed by atoms with Gasteiger partial charge in [0, 0.05) is 13.1 Å². The van der Waals surface area contributed by atoms with Gasteiger partial charge in [0.1, 0.15) is 0 Å². The van der Waals surface area contributed by atoms with Crippen molar-refractivity contribution in [3.05, 3.63) is 53.8 Å². The van der Waals surface area contributed by atoms with E-state index in [0.29, 0.717) is 0 Å². The summed E-state index contributed by atoms with van der Waals surface area (Å²) in [5.41, 5.74) is 2.34. The zero-order valence-electron chi connectivity index (χ0n) is 13.5. The van der Waals surface area contributed by atoms with E-state index in [-0.39, 0.29) is 4.90 Å². The molecule has 0 atom stereocenters. The highest BCUT2D eigenvalue weighted by Crippen LogP contribution is 2.08. The van der Waals surface area contributed by atoms with Gasteiger partial charge in [-0.1, -0.05) is 42.7 Å². The summed E-state index contributed by atoms with van der Waals surface area (Å²) in [5.74, 6) is 0. The lowest BCUT2D eigenvalue weighted by Gasteiger charge is -2.21. The Morgan fingerprint density at radius 1 is 1.18 bits per heavy atom. The van der Waals surface area contributed by atoms with Crippen molar-refractivity contribution in [2.45, 2.75) is 38.5 Å². The molecule has 1 heterocycles. The van der Waals surface area contributed by atoms with Crippen molar-refractivity contribution in [1.29, 1.82) is 0 Å². The molecule has 122 valence electrons. The molecule has 0 unspecified atom stereocenters. The summed E-state index contributed by atoms with van der Waals surface area (Å²) in [4.78, 5) is 2.29. The van der Waals surface area contributed by atoms with Crippen molar-refractivity contribution < 1.29 is 13.0 Å². The van der Waals surface area contributed by atoms with Gasteiger partial charge in [0.15, 0.2) is 0 Å². The Morgan fingerprint density at radius 2 is 1.82 bits per heavy atom. The van der Waals surface area contributed by atoms with Gasteiger partial charge in [-0.2, -0.15) is 8.42 Å². The van der Waals surface area contributed by atoms with Crippen LogP contribution in [0.5, 0.6) is 0 Å². The Morgan fingerprint density at radius 3 is 2.27 bits per heavy atom. The summed E-state index contributed by atoms with van der Waals surface area (Å²) in [6, 6.07) is 5.99.